The number of nitrogens with zero attached hydrogens (tertiary/aromatic N) is 2. The summed E-state index contributed by atoms with van der Waals surface area (Å²) in [6.45, 7) is 7.19. The number of aromatic nitrogens is 1. The maximum Gasteiger partial charge on any atom is 0.315 e. The summed E-state index contributed by atoms with van der Waals surface area (Å²) in [6, 6.07) is 9.95. The third-order valence-electron chi connectivity index (χ3n) is 4.75. The van der Waals surface area contributed by atoms with Gasteiger partial charge in [-0.3, -0.25) is 0 Å². The Balaban J connectivity index is 1.61. The molecule has 0 spiro atoms. The molecule has 2 amide bonds. The summed E-state index contributed by atoms with van der Waals surface area (Å²) in [6.07, 6.45) is 2.47. The van der Waals surface area contributed by atoms with E-state index in [-0.39, 0.29) is 12.1 Å². The second kappa shape index (κ2) is 8.16. The highest BCUT2D eigenvalue weighted by Crippen LogP contribution is 2.18. The standard InChI is InChI=1S/C19H26N4O2/c1-14-17(15(2)25-22-14)12-20-19(24)21-18(13-23-10-6-7-11-23)16-8-4-3-5-9-16/h3-5,8-9,18H,6-7,10-13H2,1-2H3,(H2,20,21,24)/t18-/m1/s1. The zero-order chi connectivity index (χ0) is 17.6. The van der Waals surface area contributed by atoms with Crippen LogP contribution >= 0.6 is 0 Å². The van der Waals surface area contributed by atoms with E-state index in [0.29, 0.717) is 6.54 Å². The molecular formula is C19H26N4O2. The normalized spacial score (nSPS) is 15.9. The molecule has 6 heteroatoms. The van der Waals surface area contributed by atoms with E-state index in [4.69, 9.17) is 4.52 Å². The fourth-order valence-corrected chi connectivity index (χ4v) is 3.28. The van der Waals surface area contributed by atoms with Crippen molar-refractivity contribution in [2.24, 2.45) is 0 Å². The Bertz CT molecular complexity index is 673. The molecule has 1 fully saturated rings. The average Bonchev–Trinajstić information content (AvgIpc) is 3.24. The van der Waals surface area contributed by atoms with Crippen LogP contribution in [-0.2, 0) is 6.54 Å². The average molecular weight is 342 g/mol. The molecule has 6 nitrogen and oxygen atoms in total. The van der Waals surface area contributed by atoms with E-state index < -0.39 is 0 Å². The van der Waals surface area contributed by atoms with Crippen LogP contribution in [0.2, 0.25) is 0 Å². The Morgan fingerprint density at radius 1 is 1.24 bits per heavy atom. The maximum atomic E-state index is 12.4. The quantitative estimate of drug-likeness (QED) is 0.847. The molecule has 2 N–H and O–H groups in total. The molecular weight excluding hydrogens is 316 g/mol. The number of aryl methyl sites for hydroxylation is 2. The van der Waals surface area contributed by atoms with E-state index in [1.54, 1.807) is 0 Å². The van der Waals surface area contributed by atoms with E-state index in [0.717, 1.165) is 42.2 Å². The van der Waals surface area contributed by atoms with E-state index in [9.17, 15) is 4.79 Å². The summed E-state index contributed by atoms with van der Waals surface area (Å²) in [5, 5.41) is 9.96. The summed E-state index contributed by atoms with van der Waals surface area (Å²) >= 11 is 0. The van der Waals surface area contributed by atoms with Crippen LogP contribution in [0.25, 0.3) is 0 Å². The molecule has 0 unspecified atom stereocenters. The van der Waals surface area contributed by atoms with Crippen LogP contribution in [0.4, 0.5) is 4.79 Å². The van der Waals surface area contributed by atoms with Gasteiger partial charge in [0.15, 0.2) is 0 Å². The molecule has 0 saturated carbocycles. The molecule has 1 aromatic heterocycles. The van der Waals surface area contributed by atoms with Crippen LogP contribution in [0, 0.1) is 13.8 Å². The first-order chi connectivity index (χ1) is 12.1. The van der Waals surface area contributed by atoms with E-state index in [1.807, 2.05) is 32.0 Å². The van der Waals surface area contributed by atoms with Gasteiger partial charge >= 0.3 is 6.03 Å². The lowest BCUT2D eigenvalue weighted by Crippen LogP contribution is -2.42. The first-order valence-electron chi connectivity index (χ1n) is 8.87. The zero-order valence-corrected chi connectivity index (χ0v) is 14.9. The summed E-state index contributed by atoms with van der Waals surface area (Å²) in [5.41, 5.74) is 2.88. The molecule has 1 saturated heterocycles. The summed E-state index contributed by atoms with van der Waals surface area (Å²) < 4.78 is 5.14. The number of hydrogen-bond donors (Lipinski definition) is 2. The van der Waals surface area contributed by atoms with Gasteiger partial charge in [0.05, 0.1) is 11.7 Å². The first-order valence-corrected chi connectivity index (χ1v) is 8.87. The second-order valence-electron chi connectivity index (χ2n) is 6.60. The minimum absolute atomic E-state index is 0.0241. The molecule has 1 atom stereocenters. The van der Waals surface area contributed by atoms with Crippen molar-refractivity contribution in [1.29, 1.82) is 0 Å². The van der Waals surface area contributed by atoms with Crippen LogP contribution in [0.15, 0.2) is 34.9 Å². The molecule has 0 bridgehead atoms. The predicted octanol–water partition coefficient (Wildman–Crippen LogP) is 2.93. The topological polar surface area (TPSA) is 70.4 Å². The Labute approximate surface area is 148 Å². The van der Waals surface area contributed by atoms with Crippen molar-refractivity contribution in [1.82, 2.24) is 20.7 Å². The van der Waals surface area contributed by atoms with Gasteiger partial charge in [-0.15, -0.1) is 0 Å². The van der Waals surface area contributed by atoms with Crippen LogP contribution in [0.1, 0.15) is 41.5 Å². The molecule has 2 aromatic rings. The van der Waals surface area contributed by atoms with Gasteiger partial charge in [-0.05, 0) is 45.3 Å². The molecule has 25 heavy (non-hydrogen) atoms. The van der Waals surface area contributed by atoms with Gasteiger partial charge in [-0.1, -0.05) is 35.5 Å². The van der Waals surface area contributed by atoms with Crippen molar-refractivity contribution in [3.8, 4) is 0 Å². The lowest BCUT2D eigenvalue weighted by molar-refractivity contribution is 0.229. The van der Waals surface area contributed by atoms with Gasteiger partial charge in [0.2, 0.25) is 0 Å². The number of likely N-dealkylation sites (tertiary alicyclic amines) is 1. The van der Waals surface area contributed by atoms with E-state index in [1.165, 1.54) is 12.8 Å². The number of carbonyl (C=O) groups is 1. The summed E-state index contributed by atoms with van der Waals surface area (Å²) in [7, 11) is 0. The van der Waals surface area contributed by atoms with Crippen molar-refractivity contribution < 1.29 is 9.32 Å². The molecule has 3 rings (SSSR count). The minimum Gasteiger partial charge on any atom is -0.361 e. The predicted molar refractivity (Wildman–Crippen MR) is 96.2 cm³/mol. The van der Waals surface area contributed by atoms with Crippen LogP contribution in [0.5, 0.6) is 0 Å². The number of benzene rings is 1. The van der Waals surface area contributed by atoms with Crippen LogP contribution < -0.4 is 10.6 Å². The number of rotatable bonds is 6. The van der Waals surface area contributed by atoms with Crippen molar-refractivity contribution in [3.05, 3.63) is 52.9 Å². The highest BCUT2D eigenvalue weighted by Gasteiger charge is 2.21. The number of hydrogen-bond acceptors (Lipinski definition) is 4. The SMILES string of the molecule is Cc1noc(C)c1CNC(=O)N[C@H](CN1CCCC1)c1ccccc1. The van der Waals surface area contributed by atoms with Crippen LogP contribution in [0.3, 0.4) is 0 Å². The minimum atomic E-state index is -0.173. The van der Waals surface area contributed by atoms with E-state index in [2.05, 4.69) is 32.8 Å². The zero-order valence-electron chi connectivity index (χ0n) is 14.9. The smallest absolute Gasteiger partial charge is 0.315 e. The van der Waals surface area contributed by atoms with Gasteiger partial charge in [0.25, 0.3) is 0 Å². The van der Waals surface area contributed by atoms with Gasteiger partial charge in [-0.25, -0.2) is 4.79 Å². The van der Waals surface area contributed by atoms with Gasteiger partial charge < -0.3 is 20.1 Å². The van der Waals surface area contributed by atoms with Crippen molar-refractivity contribution in [2.45, 2.75) is 39.3 Å². The largest absolute Gasteiger partial charge is 0.361 e. The van der Waals surface area contributed by atoms with Crippen LogP contribution in [-0.4, -0.2) is 35.7 Å². The summed E-state index contributed by atoms with van der Waals surface area (Å²) in [5.74, 6) is 0.745. The summed E-state index contributed by atoms with van der Waals surface area (Å²) in [4.78, 5) is 14.8. The molecule has 1 aliphatic rings. The Kier molecular flexibility index (Phi) is 5.71. The molecule has 2 heterocycles. The molecule has 0 radical (unpaired) electrons. The lowest BCUT2D eigenvalue weighted by Gasteiger charge is -2.25. The van der Waals surface area contributed by atoms with Gasteiger partial charge in [-0.2, -0.15) is 0 Å². The Hall–Kier alpha value is -2.34. The second-order valence-corrected chi connectivity index (χ2v) is 6.60. The number of nitrogens with one attached hydrogen (secondary N) is 2. The first kappa shape index (κ1) is 17.5. The fourth-order valence-electron chi connectivity index (χ4n) is 3.28. The van der Waals surface area contributed by atoms with E-state index >= 15 is 0 Å². The van der Waals surface area contributed by atoms with Crippen molar-refractivity contribution >= 4 is 6.03 Å². The number of carbonyl (C=O) groups excluding carboxylic acids is 1. The third-order valence-corrected chi connectivity index (χ3v) is 4.75. The molecule has 1 aromatic carbocycles. The molecule has 1 aliphatic heterocycles. The molecule has 134 valence electrons. The van der Waals surface area contributed by atoms with Crippen molar-refractivity contribution in [3.63, 3.8) is 0 Å². The monoisotopic (exact) mass is 342 g/mol. The highest BCUT2D eigenvalue weighted by atomic mass is 16.5. The fraction of sp³-hybridized carbons (Fsp3) is 0.474. The van der Waals surface area contributed by atoms with Gasteiger partial charge in [0, 0.05) is 18.7 Å². The third kappa shape index (κ3) is 4.60. The number of amides is 2. The Morgan fingerprint density at radius 2 is 1.96 bits per heavy atom. The Morgan fingerprint density at radius 3 is 2.60 bits per heavy atom. The highest BCUT2D eigenvalue weighted by molar-refractivity contribution is 5.74. The van der Waals surface area contributed by atoms with Gasteiger partial charge in [0.1, 0.15) is 5.76 Å². The number of urea groups is 1. The lowest BCUT2D eigenvalue weighted by atomic mass is 10.1. The van der Waals surface area contributed by atoms with Crippen molar-refractivity contribution in [2.75, 3.05) is 19.6 Å². The maximum absolute atomic E-state index is 12.4. The molecule has 0 aliphatic carbocycles.